The van der Waals surface area contributed by atoms with Gasteiger partial charge in [0.05, 0.1) is 31.7 Å². The standard InChI is InChI=1S/C24H20N2O3/c1-28-20-12-8-17(9-13-20)22-16-25-26(19-6-4-3-5-7-19)24(27)23(22)18-10-14-21(29-2)15-11-18/h3-16H,1-2H3. The molecule has 1 heterocycles. The van der Waals surface area contributed by atoms with Crippen molar-refractivity contribution in [2.24, 2.45) is 0 Å². The Bertz CT molecular complexity index is 1170. The van der Waals surface area contributed by atoms with Gasteiger partial charge < -0.3 is 9.47 Å². The Morgan fingerprint density at radius 1 is 0.724 bits per heavy atom. The van der Waals surface area contributed by atoms with E-state index < -0.39 is 0 Å². The summed E-state index contributed by atoms with van der Waals surface area (Å²) in [4.78, 5) is 13.5. The van der Waals surface area contributed by atoms with Crippen molar-refractivity contribution < 1.29 is 9.47 Å². The fraction of sp³-hybridized carbons (Fsp3) is 0.0833. The molecule has 0 bridgehead atoms. The van der Waals surface area contributed by atoms with Gasteiger partial charge >= 0.3 is 0 Å². The number of benzene rings is 3. The number of para-hydroxylation sites is 1. The van der Waals surface area contributed by atoms with Crippen LogP contribution in [0.15, 0.2) is 89.9 Å². The molecule has 0 aliphatic rings. The molecule has 0 radical (unpaired) electrons. The Balaban J connectivity index is 1.94. The third kappa shape index (κ3) is 3.62. The third-order valence-electron chi connectivity index (χ3n) is 4.76. The zero-order chi connectivity index (χ0) is 20.2. The van der Waals surface area contributed by atoms with E-state index in [-0.39, 0.29) is 5.56 Å². The lowest BCUT2D eigenvalue weighted by Crippen LogP contribution is -2.23. The van der Waals surface area contributed by atoms with Crippen LogP contribution in [0.1, 0.15) is 0 Å². The molecule has 0 amide bonds. The van der Waals surface area contributed by atoms with Crippen LogP contribution >= 0.6 is 0 Å². The van der Waals surface area contributed by atoms with Crippen molar-refractivity contribution in [3.05, 3.63) is 95.4 Å². The van der Waals surface area contributed by atoms with E-state index in [2.05, 4.69) is 5.10 Å². The Kier molecular flexibility index (Phi) is 5.12. The minimum atomic E-state index is -0.185. The van der Waals surface area contributed by atoms with Crippen molar-refractivity contribution in [2.45, 2.75) is 0 Å². The van der Waals surface area contributed by atoms with Gasteiger partial charge in [-0.15, -0.1) is 0 Å². The van der Waals surface area contributed by atoms with Crippen LogP contribution in [0.3, 0.4) is 0 Å². The van der Waals surface area contributed by atoms with E-state index in [1.165, 1.54) is 4.68 Å². The van der Waals surface area contributed by atoms with E-state index >= 15 is 0 Å². The molecule has 1 aromatic heterocycles. The van der Waals surface area contributed by atoms with Crippen molar-refractivity contribution in [3.63, 3.8) is 0 Å². The summed E-state index contributed by atoms with van der Waals surface area (Å²) in [5.41, 5.74) is 3.56. The third-order valence-corrected chi connectivity index (χ3v) is 4.76. The number of aromatic nitrogens is 2. The largest absolute Gasteiger partial charge is 0.497 e. The van der Waals surface area contributed by atoms with E-state index in [4.69, 9.17) is 9.47 Å². The maximum atomic E-state index is 13.5. The smallest absolute Gasteiger partial charge is 0.279 e. The van der Waals surface area contributed by atoms with Gasteiger partial charge in [-0.2, -0.15) is 9.78 Å². The molecule has 144 valence electrons. The maximum Gasteiger partial charge on any atom is 0.279 e. The molecule has 0 atom stereocenters. The summed E-state index contributed by atoms with van der Waals surface area (Å²) in [6.45, 7) is 0. The molecular weight excluding hydrogens is 364 g/mol. The Morgan fingerprint density at radius 2 is 1.28 bits per heavy atom. The fourth-order valence-corrected chi connectivity index (χ4v) is 3.23. The number of hydrogen-bond acceptors (Lipinski definition) is 4. The van der Waals surface area contributed by atoms with Crippen LogP contribution in [0, 0.1) is 0 Å². The summed E-state index contributed by atoms with van der Waals surface area (Å²) < 4.78 is 11.9. The predicted molar refractivity (Wildman–Crippen MR) is 114 cm³/mol. The van der Waals surface area contributed by atoms with Crippen molar-refractivity contribution in [1.82, 2.24) is 9.78 Å². The molecule has 0 unspecified atom stereocenters. The van der Waals surface area contributed by atoms with E-state index in [1.54, 1.807) is 20.4 Å². The molecule has 3 aromatic carbocycles. The van der Waals surface area contributed by atoms with Gasteiger partial charge in [0.2, 0.25) is 0 Å². The quantitative estimate of drug-likeness (QED) is 0.505. The topological polar surface area (TPSA) is 53.4 Å². The molecule has 29 heavy (non-hydrogen) atoms. The Labute approximate surface area is 168 Å². The van der Waals surface area contributed by atoms with Crippen LogP contribution < -0.4 is 15.0 Å². The maximum absolute atomic E-state index is 13.5. The summed E-state index contributed by atoms with van der Waals surface area (Å²) in [5.74, 6) is 1.49. The second-order valence-electron chi connectivity index (χ2n) is 6.44. The lowest BCUT2D eigenvalue weighted by molar-refractivity contribution is 0.414. The van der Waals surface area contributed by atoms with Gasteiger partial charge in [-0.3, -0.25) is 4.79 Å². The summed E-state index contributed by atoms with van der Waals surface area (Å²) in [6.07, 6.45) is 1.73. The molecule has 5 nitrogen and oxygen atoms in total. The molecule has 0 fully saturated rings. The molecule has 5 heteroatoms. The van der Waals surface area contributed by atoms with E-state index in [9.17, 15) is 4.79 Å². The van der Waals surface area contributed by atoms with Gasteiger partial charge in [-0.1, -0.05) is 42.5 Å². The second-order valence-corrected chi connectivity index (χ2v) is 6.44. The molecule has 0 saturated heterocycles. The van der Waals surface area contributed by atoms with Crippen LogP contribution in [0.5, 0.6) is 11.5 Å². The highest BCUT2D eigenvalue weighted by molar-refractivity contribution is 5.82. The summed E-state index contributed by atoms with van der Waals surface area (Å²) in [7, 11) is 3.24. The molecule has 4 rings (SSSR count). The minimum absolute atomic E-state index is 0.185. The summed E-state index contributed by atoms with van der Waals surface area (Å²) in [5, 5.41) is 4.44. The van der Waals surface area contributed by atoms with Gasteiger partial charge in [-0.05, 0) is 47.5 Å². The van der Waals surface area contributed by atoms with Gasteiger partial charge in [0.25, 0.3) is 5.56 Å². The molecule has 0 aliphatic heterocycles. The van der Waals surface area contributed by atoms with Crippen LogP contribution in [0.2, 0.25) is 0 Å². The first-order chi connectivity index (χ1) is 14.2. The minimum Gasteiger partial charge on any atom is -0.497 e. The number of hydrogen-bond donors (Lipinski definition) is 0. The fourth-order valence-electron chi connectivity index (χ4n) is 3.23. The summed E-state index contributed by atoms with van der Waals surface area (Å²) >= 11 is 0. The number of methoxy groups -OCH3 is 2. The van der Waals surface area contributed by atoms with E-state index in [0.29, 0.717) is 11.3 Å². The molecule has 0 spiro atoms. The highest BCUT2D eigenvalue weighted by atomic mass is 16.5. The van der Waals surface area contributed by atoms with Crippen LogP contribution in [0.4, 0.5) is 0 Å². The molecule has 4 aromatic rings. The van der Waals surface area contributed by atoms with Crippen LogP contribution in [0.25, 0.3) is 27.9 Å². The Morgan fingerprint density at radius 3 is 1.83 bits per heavy atom. The van der Waals surface area contributed by atoms with Gasteiger partial charge in [0, 0.05) is 5.56 Å². The lowest BCUT2D eigenvalue weighted by Gasteiger charge is -2.13. The molecule has 0 N–H and O–H groups in total. The first kappa shape index (κ1) is 18.5. The van der Waals surface area contributed by atoms with Crippen molar-refractivity contribution in [2.75, 3.05) is 14.2 Å². The number of rotatable bonds is 5. The predicted octanol–water partition coefficient (Wildman–Crippen LogP) is 4.58. The first-order valence-corrected chi connectivity index (χ1v) is 9.18. The van der Waals surface area contributed by atoms with Gasteiger partial charge in [-0.25, -0.2) is 0 Å². The lowest BCUT2D eigenvalue weighted by atomic mass is 9.97. The normalized spacial score (nSPS) is 10.6. The van der Waals surface area contributed by atoms with Gasteiger partial charge in [0.1, 0.15) is 11.5 Å². The van der Waals surface area contributed by atoms with E-state index in [0.717, 1.165) is 28.2 Å². The van der Waals surface area contributed by atoms with Crippen molar-refractivity contribution in [1.29, 1.82) is 0 Å². The van der Waals surface area contributed by atoms with Crippen molar-refractivity contribution in [3.8, 4) is 39.4 Å². The van der Waals surface area contributed by atoms with Gasteiger partial charge in [0.15, 0.2) is 0 Å². The second kappa shape index (κ2) is 8.02. The Hall–Kier alpha value is -3.86. The van der Waals surface area contributed by atoms with Crippen LogP contribution in [-0.4, -0.2) is 24.0 Å². The molecule has 0 saturated carbocycles. The van der Waals surface area contributed by atoms with E-state index in [1.807, 2.05) is 78.9 Å². The molecular formula is C24H20N2O3. The molecule has 0 aliphatic carbocycles. The first-order valence-electron chi connectivity index (χ1n) is 9.18. The zero-order valence-corrected chi connectivity index (χ0v) is 16.2. The monoisotopic (exact) mass is 384 g/mol. The highest BCUT2D eigenvalue weighted by Crippen LogP contribution is 2.31. The SMILES string of the molecule is COc1ccc(-c2cnn(-c3ccccc3)c(=O)c2-c2ccc(OC)cc2)cc1. The van der Waals surface area contributed by atoms with Crippen molar-refractivity contribution >= 4 is 0 Å². The number of ether oxygens (including phenoxy) is 2. The average molecular weight is 384 g/mol. The average Bonchev–Trinajstić information content (AvgIpc) is 2.79. The summed E-state index contributed by atoms with van der Waals surface area (Å²) in [6, 6.07) is 24.5. The zero-order valence-electron chi connectivity index (χ0n) is 16.2. The highest BCUT2D eigenvalue weighted by Gasteiger charge is 2.16. The number of nitrogens with zero attached hydrogens (tertiary/aromatic N) is 2. The van der Waals surface area contributed by atoms with Crippen LogP contribution in [-0.2, 0) is 0 Å².